The normalized spacial score (nSPS) is 19.2. The molecule has 1 aliphatic rings. The van der Waals surface area contributed by atoms with Gasteiger partial charge in [-0.3, -0.25) is 4.79 Å². The van der Waals surface area contributed by atoms with Crippen molar-refractivity contribution in [2.24, 2.45) is 5.73 Å². The van der Waals surface area contributed by atoms with E-state index in [9.17, 15) is 4.79 Å². The molecule has 2 rings (SSSR count). The van der Waals surface area contributed by atoms with Crippen molar-refractivity contribution in [3.8, 4) is 0 Å². The summed E-state index contributed by atoms with van der Waals surface area (Å²) in [6.45, 7) is 1.98. The summed E-state index contributed by atoms with van der Waals surface area (Å²) in [4.78, 5) is 12.9. The lowest BCUT2D eigenvalue weighted by molar-refractivity contribution is 0.0994. The molecule has 1 amide bonds. The third kappa shape index (κ3) is 2.91. The maximum atomic E-state index is 10.9. The first-order chi connectivity index (χ1) is 8.16. The van der Waals surface area contributed by atoms with Gasteiger partial charge in [-0.15, -0.1) is 10.2 Å². The second-order valence-corrected chi connectivity index (χ2v) is 4.31. The Hall–Kier alpha value is -1.69. The number of amides is 1. The fourth-order valence-electron chi connectivity index (χ4n) is 2.00. The summed E-state index contributed by atoms with van der Waals surface area (Å²) < 4.78 is 0. The van der Waals surface area contributed by atoms with Crippen LogP contribution in [0, 0.1) is 0 Å². The van der Waals surface area contributed by atoms with Crippen LogP contribution in [0.1, 0.15) is 23.3 Å². The molecule has 0 spiro atoms. The fourth-order valence-corrected chi connectivity index (χ4v) is 2.00. The van der Waals surface area contributed by atoms with Crippen LogP contribution in [-0.2, 0) is 0 Å². The predicted octanol–water partition coefficient (Wildman–Crippen LogP) is -0.236. The summed E-state index contributed by atoms with van der Waals surface area (Å²) in [5.74, 6) is 0.202. The lowest BCUT2D eigenvalue weighted by Crippen LogP contribution is -2.35. The minimum Gasteiger partial charge on any atom is -0.364 e. The van der Waals surface area contributed by atoms with E-state index < -0.39 is 5.91 Å². The van der Waals surface area contributed by atoms with E-state index in [4.69, 9.17) is 5.73 Å². The molecule has 1 aromatic heterocycles. The molecule has 0 saturated carbocycles. The van der Waals surface area contributed by atoms with E-state index in [2.05, 4.69) is 15.5 Å². The summed E-state index contributed by atoms with van der Waals surface area (Å²) in [5.41, 5.74) is 5.30. The van der Waals surface area contributed by atoms with Crippen molar-refractivity contribution in [2.75, 3.05) is 25.0 Å². The number of hydrogen-bond acceptors (Lipinski definition) is 5. The predicted molar refractivity (Wildman–Crippen MR) is 64.8 cm³/mol. The number of nitrogens with one attached hydrogen (secondary N) is 1. The maximum absolute atomic E-state index is 10.9. The summed E-state index contributed by atoms with van der Waals surface area (Å²) in [5, 5.41) is 11.2. The quantitative estimate of drug-likeness (QED) is 0.752. The number of primary amides is 1. The molecule has 0 radical (unpaired) electrons. The topological polar surface area (TPSA) is 84.1 Å². The van der Waals surface area contributed by atoms with Crippen LogP contribution in [0.25, 0.3) is 0 Å². The Morgan fingerprint density at radius 2 is 2.41 bits per heavy atom. The van der Waals surface area contributed by atoms with E-state index >= 15 is 0 Å². The third-order valence-corrected chi connectivity index (χ3v) is 2.95. The van der Waals surface area contributed by atoms with E-state index in [1.807, 2.05) is 11.9 Å². The Labute approximate surface area is 100 Å². The standard InChI is InChI=1S/C11H17N5O/c1-16(7-8-3-2-6-13-8)10-5-4-9(11(12)17)14-15-10/h4-5,8,13H,2-3,6-7H2,1H3,(H2,12,17). The maximum Gasteiger partial charge on any atom is 0.269 e. The van der Waals surface area contributed by atoms with Gasteiger partial charge >= 0.3 is 0 Å². The molecule has 0 bridgehead atoms. The van der Waals surface area contributed by atoms with Crippen molar-refractivity contribution in [1.82, 2.24) is 15.5 Å². The molecule has 2 heterocycles. The van der Waals surface area contributed by atoms with Gasteiger partial charge in [-0.05, 0) is 31.5 Å². The van der Waals surface area contributed by atoms with Crippen LogP contribution in [-0.4, -0.2) is 42.3 Å². The smallest absolute Gasteiger partial charge is 0.269 e. The van der Waals surface area contributed by atoms with Crippen LogP contribution in [0.15, 0.2) is 12.1 Å². The van der Waals surface area contributed by atoms with Gasteiger partial charge in [-0.25, -0.2) is 0 Å². The number of aromatic nitrogens is 2. The largest absolute Gasteiger partial charge is 0.364 e. The SMILES string of the molecule is CN(CC1CCCN1)c1ccc(C(N)=O)nn1. The van der Waals surface area contributed by atoms with Crippen LogP contribution in [0.2, 0.25) is 0 Å². The van der Waals surface area contributed by atoms with Crippen molar-refractivity contribution in [2.45, 2.75) is 18.9 Å². The molecule has 1 aliphatic heterocycles. The second-order valence-electron chi connectivity index (χ2n) is 4.31. The first-order valence-corrected chi connectivity index (χ1v) is 5.75. The van der Waals surface area contributed by atoms with Gasteiger partial charge in [0.2, 0.25) is 0 Å². The second kappa shape index (κ2) is 5.09. The van der Waals surface area contributed by atoms with E-state index in [1.54, 1.807) is 12.1 Å². The zero-order chi connectivity index (χ0) is 12.3. The van der Waals surface area contributed by atoms with Crippen LogP contribution < -0.4 is 16.0 Å². The number of likely N-dealkylation sites (N-methyl/N-ethyl adjacent to an activating group) is 1. The highest BCUT2D eigenvalue weighted by Crippen LogP contribution is 2.11. The molecule has 1 atom stereocenters. The first kappa shape index (κ1) is 11.8. The molecule has 0 aliphatic carbocycles. The average Bonchev–Trinajstić information content (AvgIpc) is 2.82. The van der Waals surface area contributed by atoms with Crippen molar-refractivity contribution < 1.29 is 4.79 Å². The summed E-state index contributed by atoms with van der Waals surface area (Å²) in [6, 6.07) is 3.88. The molecule has 92 valence electrons. The number of hydrogen-bond donors (Lipinski definition) is 2. The molecule has 3 N–H and O–H groups in total. The monoisotopic (exact) mass is 235 g/mol. The van der Waals surface area contributed by atoms with Gasteiger partial charge in [0.25, 0.3) is 5.91 Å². The number of nitrogens with zero attached hydrogens (tertiary/aromatic N) is 3. The fraction of sp³-hybridized carbons (Fsp3) is 0.545. The number of carbonyl (C=O) groups is 1. The van der Waals surface area contributed by atoms with E-state index in [1.165, 1.54) is 12.8 Å². The molecular formula is C11H17N5O. The number of rotatable bonds is 4. The van der Waals surface area contributed by atoms with Gasteiger partial charge in [0.15, 0.2) is 11.5 Å². The number of carbonyl (C=O) groups excluding carboxylic acids is 1. The zero-order valence-electron chi connectivity index (χ0n) is 9.89. The van der Waals surface area contributed by atoms with Gasteiger partial charge in [0.05, 0.1) is 0 Å². The van der Waals surface area contributed by atoms with Crippen LogP contribution in [0.5, 0.6) is 0 Å². The highest BCUT2D eigenvalue weighted by Gasteiger charge is 2.16. The molecule has 6 heteroatoms. The summed E-state index contributed by atoms with van der Waals surface area (Å²) in [6.07, 6.45) is 2.42. The van der Waals surface area contributed by atoms with Crippen molar-refractivity contribution >= 4 is 11.7 Å². The van der Waals surface area contributed by atoms with Crippen LogP contribution >= 0.6 is 0 Å². The van der Waals surface area contributed by atoms with Gasteiger partial charge in [-0.1, -0.05) is 0 Å². The third-order valence-electron chi connectivity index (χ3n) is 2.95. The average molecular weight is 235 g/mol. The van der Waals surface area contributed by atoms with E-state index in [0.29, 0.717) is 6.04 Å². The van der Waals surface area contributed by atoms with Gasteiger partial charge in [0.1, 0.15) is 0 Å². The van der Waals surface area contributed by atoms with Gasteiger partial charge < -0.3 is 16.0 Å². The van der Waals surface area contributed by atoms with Crippen molar-refractivity contribution in [1.29, 1.82) is 0 Å². The van der Waals surface area contributed by atoms with E-state index in [0.717, 1.165) is 18.9 Å². The minimum absolute atomic E-state index is 0.196. The summed E-state index contributed by atoms with van der Waals surface area (Å²) in [7, 11) is 1.97. The zero-order valence-corrected chi connectivity index (χ0v) is 9.89. The number of nitrogens with two attached hydrogens (primary N) is 1. The van der Waals surface area contributed by atoms with Crippen molar-refractivity contribution in [3.63, 3.8) is 0 Å². The molecule has 17 heavy (non-hydrogen) atoms. The van der Waals surface area contributed by atoms with Crippen LogP contribution in [0.3, 0.4) is 0 Å². The molecular weight excluding hydrogens is 218 g/mol. The van der Waals surface area contributed by atoms with Gasteiger partial charge in [0, 0.05) is 19.6 Å². The first-order valence-electron chi connectivity index (χ1n) is 5.75. The molecule has 1 fully saturated rings. The lowest BCUT2D eigenvalue weighted by Gasteiger charge is -2.21. The van der Waals surface area contributed by atoms with Gasteiger partial charge in [-0.2, -0.15) is 0 Å². The molecule has 1 unspecified atom stereocenters. The van der Waals surface area contributed by atoms with Crippen molar-refractivity contribution in [3.05, 3.63) is 17.8 Å². The highest BCUT2D eigenvalue weighted by atomic mass is 16.1. The molecule has 1 aromatic rings. The molecule has 1 saturated heterocycles. The molecule has 0 aromatic carbocycles. The molecule has 6 nitrogen and oxygen atoms in total. The Kier molecular flexibility index (Phi) is 3.53. The Balaban J connectivity index is 1.98. The minimum atomic E-state index is -0.552. The van der Waals surface area contributed by atoms with Crippen LogP contribution in [0.4, 0.5) is 5.82 Å². The Bertz CT molecular complexity index is 385. The highest BCUT2D eigenvalue weighted by molar-refractivity contribution is 5.90. The number of anilines is 1. The Morgan fingerprint density at radius 1 is 1.59 bits per heavy atom. The Morgan fingerprint density at radius 3 is 2.94 bits per heavy atom. The van der Waals surface area contributed by atoms with E-state index in [-0.39, 0.29) is 5.69 Å². The summed E-state index contributed by atoms with van der Waals surface area (Å²) >= 11 is 0. The lowest BCUT2D eigenvalue weighted by atomic mass is 10.2.